The fourth-order valence-corrected chi connectivity index (χ4v) is 4.44. The van der Waals surface area contributed by atoms with E-state index in [1.807, 2.05) is 0 Å². The van der Waals surface area contributed by atoms with Crippen LogP contribution in [0.3, 0.4) is 0 Å². The third-order valence-electron chi connectivity index (χ3n) is 4.32. The number of hydrogen-bond donors (Lipinski definition) is 0. The fraction of sp³-hybridized carbons (Fsp3) is 0.500. The van der Waals surface area contributed by atoms with Gasteiger partial charge in [-0.05, 0) is 30.7 Å². The van der Waals surface area contributed by atoms with Crippen LogP contribution in [-0.4, -0.2) is 5.78 Å². The number of carbonyl (C=O) groups is 1. The molecule has 5 heteroatoms. The molecule has 0 radical (unpaired) electrons. The summed E-state index contributed by atoms with van der Waals surface area (Å²) < 4.78 is 0. The van der Waals surface area contributed by atoms with Crippen LogP contribution in [0.4, 0.5) is 0 Å². The van der Waals surface area contributed by atoms with Crippen molar-refractivity contribution in [2.45, 2.75) is 25.7 Å². The van der Waals surface area contributed by atoms with Crippen molar-refractivity contribution in [1.29, 1.82) is 0 Å². The van der Waals surface area contributed by atoms with Gasteiger partial charge in [0.2, 0.25) is 0 Å². The number of hydrogen-bond acceptors (Lipinski definition) is 1. The Hall–Kier alpha value is 0.0500. The van der Waals surface area contributed by atoms with Crippen molar-refractivity contribution in [3.8, 4) is 0 Å². The van der Waals surface area contributed by atoms with Gasteiger partial charge in [0, 0.05) is 5.92 Å². The normalized spacial score (nSPS) is 28.9. The second-order valence-corrected chi connectivity index (χ2v) is 6.92. The molecule has 3 rings (SSSR count). The van der Waals surface area contributed by atoms with Gasteiger partial charge in [0.05, 0.1) is 25.7 Å². The van der Waals surface area contributed by atoms with Crippen LogP contribution in [-0.2, 0) is 0 Å². The predicted octanol–water partition coefficient (Wildman–Crippen LogP) is 5.92. The van der Waals surface area contributed by atoms with Crippen LogP contribution in [0, 0.1) is 17.8 Å². The maximum Gasteiger partial charge on any atom is 0.169 e. The summed E-state index contributed by atoms with van der Waals surface area (Å²) in [7, 11) is 0. The molecular weight excluding hydrogens is 326 g/mol. The van der Waals surface area contributed by atoms with Crippen LogP contribution in [0.5, 0.6) is 0 Å². The second kappa shape index (κ2) is 5.11. The molecule has 0 heterocycles. The average molecular weight is 338 g/mol. The lowest BCUT2D eigenvalue weighted by molar-refractivity contribution is 0.0956. The lowest BCUT2D eigenvalue weighted by Crippen LogP contribution is -2.06. The summed E-state index contributed by atoms with van der Waals surface area (Å²) in [5.74, 6) is 1.14. The van der Waals surface area contributed by atoms with Gasteiger partial charge in [-0.1, -0.05) is 59.2 Å². The molecule has 2 saturated carbocycles. The molecular formula is C14H12Cl4O. The van der Waals surface area contributed by atoms with Gasteiger partial charge in [0.15, 0.2) is 5.78 Å². The third kappa shape index (κ3) is 2.29. The summed E-state index contributed by atoms with van der Waals surface area (Å²) >= 11 is 24.2. The quantitative estimate of drug-likeness (QED) is 0.372. The van der Waals surface area contributed by atoms with E-state index in [-0.39, 0.29) is 26.8 Å². The van der Waals surface area contributed by atoms with Gasteiger partial charge in [-0.2, -0.15) is 0 Å². The van der Waals surface area contributed by atoms with E-state index >= 15 is 0 Å². The summed E-state index contributed by atoms with van der Waals surface area (Å²) in [4.78, 5) is 12.6. The maximum absolute atomic E-state index is 12.6. The fourth-order valence-electron chi connectivity index (χ4n) is 3.34. The van der Waals surface area contributed by atoms with Crippen LogP contribution >= 0.6 is 46.4 Å². The number of Topliss-reactive ketones (excluding diaryl/α,β-unsaturated/α-hetero) is 1. The molecule has 0 amide bonds. The third-order valence-corrected chi connectivity index (χ3v) is 5.88. The van der Waals surface area contributed by atoms with Crippen LogP contribution in [0.25, 0.3) is 0 Å². The number of halogens is 4. The number of fused-ring (bicyclic) bond motifs is 1. The van der Waals surface area contributed by atoms with E-state index in [0.29, 0.717) is 22.4 Å². The monoisotopic (exact) mass is 336 g/mol. The zero-order valence-corrected chi connectivity index (χ0v) is 13.1. The van der Waals surface area contributed by atoms with Gasteiger partial charge in [-0.3, -0.25) is 4.79 Å². The Balaban J connectivity index is 1.95. The molecule has 1 aromatic rings. The van der Waals surface area contributed by atoms with Crippen LogP contribution in [0.1, 0.15) is 36.0 Å². The highest BCUT2D eigenvalue weighted by molar-refractivity contribution is 6.51. The zero-order valence-electron chi connectivity index (χ0n) is 10.1. The number of carbonyl (C=O) groups excluding carboxylic acids is 1. The van der Waals surface area contributed by atoms with E-state index < -0.39 is 0 Å². The molecule has 0 spiro atoms. The molecule has 1 nitrogen and oxygen atoms in total. The SMILES string of the molecule is O=C(c1c(Cl)cc(Cl)c(Cl)c1Cl)C1C2CCCCC21. The van der Waals surface area contributed by atoms with Gasteiger partial charge in [0.25, 0.3) is 0 Å². The molecule has 2 atom stereocenters. The van der Waals surface area contributed by atoms with Gasteiger partial charge in [0.1, 0.15) is 0 Å². The molecule has 0 N–H and O–H groups in total. The Kier molecular flexibility index (Phi) is 3.77. The van der Waals surface area contributed by atoms with E-state index in [4.69, 9.17) is 46.4 Å². The van der Waals surface area contributed by atoms with E-state index in [9.17, 15) is 4.79 Å². The lowest BCUT2D eigenvalue weighted by atomic mass is 10.0. The molecule has 2 unspecified atom stereocenters. The molecule has 0 bridgehead atoms. The van der Waals surface area contributed by atoms with E-state index in [2.05, 4.69) is 0 Å². The molecule has 1 aromatic carbocycles. The van der Waals surface area contributed by atoms with Crippen LogP contribution in [0.2, 0.25) is 20.1 Å². The first-order chi connectivity index (χ1) is 9.02. The smallest absolute Gasteiger partial charge is 0.169 e. The van der Waals surface area contributed by atoms with Crippen molar-refractivity contribution in [3.63, 3.8) is 0 Å². The maximum atomic E-state index is 12.6. The van der Waals surface area contributed by atoms with E-state index in [1.54, 1.807) is 0 Å². The van der Waals surface area contributed by atoms with Crippen molar-refractivity contribution >= 4 is 52.2 Å². The largest absolute Gasteiger partial charge is 0.294 e. The minimum Gasteiger partial charge on any atom is -0.294 e. The Labute approximate surface area is 132 Å². The minimum absolute atomic E-state index is 0.0328. The van der Waals surface area contributed by atoms with Crippen molar-refractivity contribution in [3.05, 3.63) is 31.7 Å². The molecule has 2 fully saturated rings. The lowest BCUT2D eigenvalue weighted by Gasteiger charge is -2.09. The average Bonchev–Trinajstić information content (AvgIpc) is 3.10. The van der Waals surface area contributed by atoms with Crippen molar-refractivity contribution in [1.82, 2.24) is 0 Å². The second-order valence-electron chi connectivity index (χ2n) is 5.35. The predicted molar refractivity (Wildman–Crippen MR) is 79.8 cm³/mol. The summed E-state index contributed by atoms with van der Waals surface area (Å²) in [5.41, 5.74) is 0.345. The number of ketones is 1. The zero-order chi connectivity index (χ0) is 13.7. The molecule has 0 saturated heterocycles. The number of rotatable bonds is 2. The first-order valence-electron chi connectivity index (χ1n) is 6.39. The summed E-state index contributed by atoms with van der Waals surface area (Å²) in [6.45, 7) is 0. The van der Waals surface area contributed by atoms with Gasteiger partial charge < -0.3 is 0 Å². The van der Waals surface area contributed by atoms with Crippen molar-refractivity contribution in [2.75, 3.05) is 0 Å². The van der Waals surface area contributed by atoms with Gasteiger partial charge >= 0.3 is 0 Å². The standard InChI is InChI=1S/C14H12Cl4O/c15-8-5-9(16)12(17)13(18)11(8)14(19)10-6-3-1-2-4-7(6)10/h5-7,10H,1-4H2. The summed E-state index contributed by atoms with van der Waals surface area (Å²) in [6.07, 6.45) is 4.71. The molecule has 0 aliphatic heterocycles. The summed E-state index contributed by atoms with van der Waals surface area (Å²) in [6, 6.07) is 1.50. The minimum atomic E-state index is 0.0328. The molecule has 0 aromatic heterocycles. The van der Waals surface area contributed by atoms with Gasteiger partial charge in [-0.25, -0.2) is 0 Å². The van der Waals surface area contributed by atoms with E-state index in [0.717, 1.165) is 12.8 Å². The molecule has 19 heavy (non-hydrogen) atoms. The van der Waals surface area contributed by atoms with Crippen LogP contribution in [0.15, 0.2) is 6.07 Å². The highest BCUT2D eigenvalue weighted by atomic mass is 35.5. The Morgan fingerprint density at radius 3 is 2.11 bits per heavy atom. The van der Waals surface area contributed by atoms with Gasteiger partial charge in [-0.15, -0.1) is 0 Å². The Morgan fingerprint density at radius 1 is 0.947 bits per heavy atom. The first-order valence-corrected chi connectivity index (χ1v) is 7.90. The first kappa shape index (κ1) is 14.0. The Bertz CT molecular complexity index is 543. The molecule has 2 aliphatic rings. The van der Waals surface area contributed by atoms with Crippen molar-refractivity contribution in [2.24, 2.45) is 17.8 Å². The Morgan fingerprint density at radius 2 is 1.53 bits per heavy atom. The summed E-state index contributed by atoms with van der Waals surface area (Å²) in [5, 5.41) is 0.974. The van der Waals surface area contributed by atoms with E-state index in [1.165, 1.54) is 18.9 Å². The molecule has 2 aliphatic carbocycles. The highest BCUT2D eigenvalue weighted by Crippen LogP contribution is 2.57. The van der Waals surface area contributed by atoms with Crippen molar-refractivity contribution < 1.29 is 4.79 Å². The highest BCUT2D eigenvalue weighted by Gasteiger charge is 2.55. The van der Waals surface area contributed by atoms with Crippen LogP contribution < -0.4 is 0 Å². The molecule has 102 valence electrons. The topological polar surface area (TPSA) is 17.1 Å². The number of benzene rings is 1.